The predicted octanol–water partition coefficient (Wildman–Crippen LogP) is 1.50. The van der Waals surface area contributed by atoms with Crippen molar-refractivity contribution in [1.29, 1.82) is 0 Å². The van der Waals surface area contributed by atoms with Gasteiger partial charge in [-0.25, -0.2) is 9.59 Å². The van der Waals surface area contributed by atoms with Crippen LogP contribution in [-0.2, 0) is 11.2 Å². The number of carbonyl (C=O) groups excluding carboxylic acids is 1. The molecule has 2 amide bonds. The number of urea groups is 1. The Kier molecular flexibility index (Phi) is 5.09. The molecule has 0 radical (unpaired) electrons. The third kappa shape index (κ3) is 3.87. The Balaban J connectivity index is 1.82. The highest BCUT2D eigenvalue weighted by molar-refractivity contribution is 7.99. The van der Waals surface area contributed by atoms with E-state index >= 15 is 0 Å². The van der Waals surface area contributed by atoms with Crippen molar-refractivity contribution in [2.45, 2.75) is 12.5 Å². The summed E-state index contributed by atoms with van der Waals surface area (Å²) >= 11 is 3.20. The van der Waals surface area contributed by atoms with Crippen LogP contribution in [0.4, 0.5) is 4.79 Å². The smallest absolute Gasteiger partial charge is 0.327 e. The maximum atomic E-state index is 12.0. The molecule has 0 aliphatic carbocycles. The molecule has 0 saturated carbocycles. The molecule has 0 aromatic carbocycles. The lowest BCUT2D eigenvalue weighted by Crippen LogP contribution is -2.54. The van der Waals surface area contributed by atoms with E-state index in [1.54, 1.807) is 23.1 Å². The minimum Gasteiger partial charge on any atom is -0.480 e. The van der Waals surface area contributed by atoms with E-state index in [1.807, 2.05) is 16.8 Å². The topological polar surface area (TPSA) is 69.6 Å². The second kappa shape index (κ2) is 6.81. The lowest BCUT2D eigenvalue weighted by atomic mass is 10.2. The number of rotatable bonds is 4. The standard InChI is InChI=1S/C12H16N2O3S2/c15-11(16)10-8-19-6-4-14(10)12(17)13-3-1-9-2-5-18-7-9/h2,5,7,10H,1,3-4,6,8H2,(H,13,17)(H,15,16). The van der Waals surface area contributed by atoms with Crippen molar-refractivity contribution in [2.75, 3.05) is 24.6 Å². The molecule has 2 heterocycles. The average molecular weight is 300 g/mol. The molecular weight excluding hydrogens is 284 g/mol. The van der Waals surface area contributed by atoms with E-state index in [1.165, 1.54) is 10.5 Å². The van der Waals surface area contributed by atoms with Gasteiger partial charge in [-0.3, -0.25) is 0 Å². The van der Waals surface area contributed by atoms with Gasteiger partial charge in [-0.05, 0) is 28.8 Å². The number of nitrogens with zero attached hydrogens (tertiary/aromatic N) is 1. The van der Waals surface area contributed by atoms with Crippen molar-refractivity contribution in [3.63, 3.8) is 0 Å². The van der Waals surface area contributed by atoms with Gasteiger partial charge in [-0.1, -0.05) is 0 Å². The number of carboxylic acid groups (broad SMARTS) is 1. The summed E-state index contributed by atoms with van der Waals surface area (Å²) in [6, 6.07) is 1.04. The summed E-state index contributed by atoms with van der Waals surface area (Å²) < 4.78 is 0. The monoisotopic (exact) mass is 300 g/mol. The van der Waals surface area contributed by atoms with Crippen LogP contribution >= 0.6 is 23.1 Å². The maximum Gasteiger partial charge on any atom is 0.327 e. The predicted molar refractivity (Wildman–Crippen MR) is 76.9 cm³/mol. The lowest BCUT2D eigenvalue weighted by Gasteiger charge is -2.32. The van der Waals surface area contributed by atoms with Crippen LogP contribution < -0.4 is 5.32 Å². The van der Waals surface area contributed by atoms with Crippen molar-refractivity contribution in [3.05, 3.63) is 22.4 Å². The van der Waals surface area contributed by atoms with Crippen LogP contribution in [0.1, 0.15) is 5.56 Å². The van der Waals surface area contributed by atoms with Crippen molar-refractivity contribution in [3.8, 4) is 0 Å². The fraction of sp³-hybridized carbons (Fsp3) is 0.500. The first kappa shape index (κ1) is 14.2. The van der Waals surface area contributed by atoms with Gasteiger partial charge in [0.15, 0.2) is 0 Å². The van der Waals surface area contributed by atoms with Crippen molar-refractivity contribution >= 4 is 35.1 Å². The second-order valence-electron chi connectivity index (χ2n) is 4.24. The molecule has 1 aromatic heterocycles. The van der Waals surface area contributed by atoms with E-state index in [2.05, 4.69) is 5.32 Å². The van der Waals surface area contributed by atoms with E-state index in [0.717, 1.165) is 12.2 Å². The molecule has 1 aromatic rings. The first-order valence-corrected chi connectivity index (χ1v) is 8.14. The zero-order valence-corrected chi connectivity index (χ0v) is 12.0. The Morgan fingerprint density at radius 1 is 1.53 bits per heavy atom. The maximum absolute atomic E-state index is 12.0. The Morgan fingerprint density at radius 3 is 3.05 bits per heavy atom. The van der Waals surface area contributed by atoms with Gasteiger partial charge in [0.1, 0.15) is 6.04 Å². The average Bonchev–Trinajstić information content (AvgIpc) is 2.91. The molecule has 5 nitrogen and oxygen atoms in total. The van der Waals surface area contributed by atoms with Crippen LogP contribution in [0.5, 0.6) is 0 Å². The summed E-state index contributed by atoms with van der Waals surface area (Å²) in [4.78, 5) is 24.5. The largest absolute Gasteiger partial charge is 0.480 e. The number of hydrogen-bond donors (Lipinski definition) is 2. The lowest BCUT2D eigenvalue weighted by molar-refractivity contribution is -0.141. The van der Waals surface area contributed by atoms with E-state index in [4.69, 9.17) is 5.11 Å². The Bertz CT molecular complexity index is 436. The summed E-state index contributed by atoms with van der Waals surface area (Å²) in [7, 11) is 0. The Labute approximate surface area is 120 Å². The Hall–Kier alpha value is -1.21. The quantitative estimate of drug-likeness (QED) is 0.884. The zero-order chi connectivity index (χ0) is 13.7. The molecule has 0 spiro atoms. The number of aliphatic carboxylic acids is 1. The molecule has 1 unspecified atom stereocenters. The molecule has 2 rings (SSSR count). The van der Waals surface area contributed by atoms with Gasteiger partial charge in [0.2, 0.25) is 0 Å². The van der Waals surface area contributed by atoms with E-state index in [-0.39, 0.29) is 6.03 Å². The Morgan fingerprint density at radius 2 is 2.37 bits per heavy atom. The SMILES string of the molecule is O=C(O)C1CSCCN1C(=O)NCCc1ccsc1. The van der Waals surface area contributed by atoms with Gasteiger partial charge in [0, 0.05) is 24.6 Å². The van der Waals surface area contributed by atoms with Crippen LogP contribution in [0, 0.1) is 0 Å². The number of carboxylic acids is 1. The van der Waals surface area contributed by atoms with E-state index in [0.29, 0.717) is 18.8 Å². The summed E-state index contributed by atoms with van der Waals surface area (Å²) in [6.07, 6.45) is 0.773. The van der Waals surface area contributed by atoms with Gasteiger partial charge >= 0.3 is 12.0 Å². The van der Waals surface area contributed by atoms with E-state index < -0.39 is 12.0 Å². The molecule has 1 aliphatic rings. The highest BCUT2D eigenvalue weighted by atomic mass is 32.2. The van der Waals surface area contributed by atoms with Crippen LogP contribution in [0.3, 0.4) is 0 Å². The first-order valence-electron chi connectivity index (χ1n) is 6.04. The molecule has 1 aliphatic heterocycles. The summed E-state index contributed by atoms with van der Waals surface area (Å²) in [5.74, 6) is 0.329. The first-order chi connectivity index (χ1) is 9.18. The highest BCUT2D eigenvalue weighted by Gasteiger charge is 2.32. The summed E-state index contributed by atoms with van der Waals surface area (Å²) in [6.45, 7) is 1.03. The number of thiophene rings is 1. The number of hydrogen-bond acceptors (Lipinski definition) is 4. The van der Waals surface area contributed by atoms with Crippen molar-refractivity contribution in [1.82, 2.24) is 10.2 Å². The molecular formula is C12H16N2O3S2. The molecule has 104 valence electrons. The minimum absolute atomic E-state index is 0.275. The third-order valence-corrected chi connectivity index (χ3v) is 4.70. The fourth-order valence-corrected chi connectivity index (χ4v) is 3.64. The van der Waals surface area contributed by atoms with Crippen LogP contribution in [0.2, 0.25) is 0 Å². The van der Waals surface area contributed by atoms with Gasteiger partial charge in [-0.15, -0.1) is 0 Å². The fourth-order valence-electron chi connectivity index (χ4n) is 1.90. The van der Waals surface area contributed by atoms with E-state index in [9.17, 15) is 9.59 Å². The molecule has 1 atom stereocenters. The molecule has 2 N–H and O–H groups in total. The molecule has 7 heteroatoms. The van der Waals surface area contributed by atoms with Gasteiger partial charge in [0.25, 0.3) is 0 Å². The third-order valence-electron chi connectivity index (χ3n) is 2.94. The summed E-state index contributed by atoms with van der Waals surface area (Å²) in [5, 5.41) is 15.9. The summed E-state index contributed by atoms with van der Waals surface area (Å²) in [5.41, 5.74) is 1.19. The number of amides is 2. The highest BCUT2D eigenvalue weighted by Crippen LogP contribution is 2.16. The molecule has 19 heavy (non-hydrogen) atoms. The van der Waals surface area contributed by atoms with Gasteiger partial charge in [-0.2, -0.15) is 23.1 Å². The number of carbonyl (C=O) groups is 2. The normalized spacial score (nSPS) is 19.2. The van der Waals surface area contributed by atoms with Gasteiger partial charge < -0.3 is 15.3 Å². The van der Waals surface area contributed by atoms with Crippen LogP contribution in [0.15, 0.2) is 16.8 Å². The number of thioether (sulfide) groups is 1. The molecule has 1 saturated heterocycles. The van der Waals surface area contributed by atoms with Crippen molar-refractivity contribution < 1.29 is 14.7 Å². The van der Waals surface area contributed by atoms with Crippen LogP contribution in [0.25, 0.3) is 0 Å². The van der Waals surface area contributed by atoms with Crippen molar-refractivity contribution in [2.24, 2.45) is 0 Å². The zero-order valence-electron chi connectivity index (χ0n) is 10.4. The molecule has 0 bridgehead atoms. The van der Waals surface area contributed by atoms with Crippen LogP contribution in [-0.4, -0.2) is 52.6 Å². The molecule has 1 fully saturated rings. The number of nitrogens with one attached hydrogen (secondary N) is 1. The van der Waals surface area contributed by atoms with Gasteiger partial charge in [0.05, 0.1) is 0 Å². The minimum atomic E-state index is -0.930. The second-order valence-corrected chi connectivity index (χ2v) is 6.17.